The number of nitrogens with one attached hydrogen (secondary N) is 1. The van der Waals surface area contributed by atoms with Gasteiger partial charge in [0.25, 0.3) is 5.91 Å². The van der Waals surface area contributed by atoms with E-state index >= 15 is 0 Å². The molecule has 1 N–H and O–H groups in total. The molecule has 0 saturated carbocycles. The number of rotatable bonds is 6. The van der Waals surface area contributed by atoms with Gasteiger partial charge >= 0.3 is 0 Å². The molecule has 0 bridgehead atoms. The zero-order valence-corrected chi connectivity index (χ0v) is 16.2. The molecular formula is C22H25FN2O3. The van der Waals surface area contributed by atoms with Crippen molar-refractivity contribution in [3.05, 3.63) is 65.5 Å². The molecule has 2 unspecified atom stereocenters. The Hall–Kier alpha value is -2.89. The number of nitrogens with zero attached hydrogens (tertiary/aromatic N) is 1. The number of ether oxygens (including phenoxy) is 1. The maximum absolute atomic E-state index is 13.2. The first-order valence-electron chi connectivity index (χ1n) is 9.50. The largest absolute Gasteiger partial charge is 0.496 e. The van der Waals surface area contributed by atoms with Gasteiger partial charge in [0.2, 0.25) is 5.91 Å². The van der Waals surface area contributed by atoms with E-state index in [-0.39, 0.29) is 29.5 Å². The minimum atomic E-state index is -0.387. The molecule has 1 fully saturated rings. The Labute approximate surface area is 164 Å². The molecule has 2 atom stereocenters. The van der Waals surface area contributed by atoms with E-state index in [0.717, 1.165) is 12.0 Å². The summed E-state index contributed by atoms with van der Waals surface area (Å²) in [6.07, 6.45) is 0.843. The third kappa shape index (κ3) is 4.16. The number of carbonyl (C=O) groups excluding carboxylic acids is 2. The summed E-state index contributed by atoms with van der Waals surface area (Å²) in [5.41, 5.74) is 1.32. The van der Waals surface area contributed by atoms with Gasteiger partial charge in [0.05, 0.1) is 13.0 Å². The second kappa shape index (κ2) is 8.87. The van der Waals surface area contributed by atoms with Gasteiger partial charge in [-0.25, -0.2) is 4.39 Å². The Balaban J connectivity index is 1.88. The number of benzene rings is 2. The predicted molar refractivity (Wildman–Crippen MR) is 105 cm³/mol. The maximum atomic E-state index is 13.2. The summed E-state index contributed by atoms with van der Waals surface area (Å²) in [6.45, 7) is 3.31. The number of amides is 2. The fraction of sp³-hybridized carbons (Fsp3) is 0.364. The van der Waals surface area contributed by atoms with Crippen LogP contribution in [-0.4, -0.2) is 43.5 Å². The highest BCUT2D eigenvalue weighted by molar-refractivity contribution is 5.95. The lowest BCUT2D eigenvalue weighted by atomic mass is 9.87. The first-order chi connectivity index (χ1) is 13.5. The molecule has 1 aliphatic heterocycles. The highest BCUT2D eigenvalue weighted by Gasteiger charge is 2.41. The summed E-state index contributed by atoms with van der Waals surface area (Å²) >= 11 is 0. The summed E-state index contributed by atoms with van der Waals surface area (Å²) in [6, 6.07) is 13.1. The zero-order valence-electron chi connectivity index (χ0n) is 16.2. The Morgan fingerprint density at radius 2 is 1.86 bits per heavy atom. The highest BCUT2D eigenvalue weighted by Crippen LogP contribution is 2.38. The number of likely N-dealkylation sites (tertiary alicyclic amines) is 1. The van der Waals surface area contributed by atoms with Crippen molar-refractivity contribution in [2.45, 2.75) is 19.3 Å². The van der Waals surface area contributed by atoms with E-state index < -0.39 is 0 Å². The topological polar surface area (TPSA) is 58.6 Å². The van der Waals surface area contributed by atoms with Gasteiger partial charge in [-0.2, -0.15) is 0 Å². The standard InChI is InChI=1S/C22H25FN2O3/c1-3-12-24-21(26)19-14-25(22(27)15-8-10-16(23)11-9-15)13-18(19)17-6-4-5-7-20(17)28-2/h4-11,18-19H,3,12-14H2,1-2H3,(H,24,26). The van der Waals surface area contributed by atoms with E-state index in [1.807, 2.05) is 31.2 Å². The van der Waals surface area contributed by atoms with E-state index in [2.05, 4.69) is 5.32 Å². The number of hydrogen-bond donors (Lipinski definition) is 1. The zero-order chi connectivity index (χ0) is 20.1. The van der Waals surface area contributed by atoms with Crippen LogP contribution in [0.3, 0.4) is 0 Å². The van der Waals surface area contributed by atoms with Crippen molar-refractivity contribution in [2.75, 3.05) is 26.7 Å². The smallest absolute Gasteiger partial charge is 0.253 e. The molecule has 6 heteroatoms. The van der Waals surface area contributed by atoms with Crippen molar-refractivity contribution in [2.24, 2.45) is 5.92 Å². The van der Waals surface area contributed by atoms with Gasteiger partial charge in [-0.1, -0.05) is 25.1 Å². The van der Waals surface area contributed by atoms with Crippen LogP contribution in [0.5, 0.6) is 5.75 Å². The first-order valence-corrected chi connectivity index (χ1v) is 9.50. The van der Waals surface area contributed by atoms with Gasteiger partial charge in [0.1, 0.15) is 11.6 Å². The van der Waals surface area contributed by atoms with E-state index in [1.165, 1.54) is 24.3 Å². The van der Waals surface area contributed by atoms with Crippen molar-refractivity contribution >= 4 is 11.8 Å². The van der Waals surface area contributed by atoms with E-state index in [4.69, 9.17) is 4.74 Å². The normalized spacial score (nSPS) is 18.8. The van der Waals surface area contributed by atoms with E-state index in [9.17, 15) is 14.0 Å². The Kier molecular flexibility index (Phi) is 6.29. The van der Waals surface area contributed by atoms with Gasteiger partial charge in [0, 0.05) is 31.1 Å². The van der Waals surface area contributed by atoms with Crippen LogP contribution in [0.25, 0.3) is 0 Å². The molecular weight excluding hydrogens is 359 g/mol. The van der Waals surface area contributed by atoms with Crippen LogP contribution in [0.15, 0.2) is 48.5 Å². The Morgan fingerprint density at radius 3 is 2.54 bits per heavy atom. The quantitative estimate of drug-likeness (QED) is 0.832. The lowest BCUT2D eigenvalue weighted by Crippen LogP contribution is -2.36. The third-order valence-corrected chi connectivity index (χ3v) is 5.12. The van der Waals surface area contributed by atoms with Crippen molar-refractivity contribution in [3.8, 4) is 5.75 Å². The molecule has 1 aliphatic rings. The SMILES string of the molecule is CCCNC(=O)C1CN(C(=O)c2ccc(F)cc2)CC1c1ccccc1OC. The first kappa shape index (κ1) is 19.9. The molecule has 148 valence electrons. The molecule has 5 nitrogen and oxygen atoms in total. The summed E-state index contributed by atoms with van der Waals surface area (Å²) < 4.78 is 18.7. The second-order valence-corrected chi connectivity index (χ2v) is 6.96. The molecule has 2 aromatic rings. The second-order valence-electron chi connectivity index (χ2n) is 6.96. The molecule has 0 aliphatic carbocycles. The fourth-order valence-corrected chi connectivity index (χ4v) is 3.68. The molecule has 0 spiro atoms. The van der Waals surface area contributed by atoms with Gasteiger partial charge in [0.15, 0.2) is 0 Å². The number of methoxy groups -OCH3 is 1. The summed E-state index contributed by atoms with van der Waals surface area (Å²) in [4.78, 5) is 27.4. The lowest BCUT2D eigenvalue weighted by molar-refractivity contribution is -0.124. The van der Waals surface area contributed by atoms with Crippen LogP contribution < -0.4 is 10.1 Å². The van der Waals surface area contributed by atoms with Crippen LogP contribution in [0.1, 0.15) is 35.2 Å². The van der Waals surface area contributed by atoms with Gasteiger partial charge in [-0.05, 0) is 42.3 Å². The van der Waals surface area contributed by atoms with E-state index in [1.54, 1.807) is 12.0 Å². The van der Waals surface area contributed by atoms with Crippen molar-refractivity contribution < 1.29 is 18.7 Å². The maximum Gasteiger partial charge on any atom is 0.253 e. The van der Waals surface area contributed by atoms with Gasteiger partial charge < -0.3 is 15.0 Å². The van der Waals surface area contributed by atoms with Gasteiger partial charge in [-0.15, -0.1) is 0 Å². The van der Waals surface area contributed by atoms with Crippen molar-refractivity contribution in [3.63, 3.8) is 0 Å². The molecule has 28 heavy (non-hydrogen) atoms. The van der Waals surface area contributed by atoms with Crippen LogP contribution in [0, 0.1) is 11.7 Å². The summed E-state index contributed by atoms with van der Waals surface area (Å²) in [7, 11) is 1.60. The van der Waals surface area contributed by atoms with E-state index in [0.29, 0.717) is 30.9 Å². The Morgan fingerprint density at radius 1 is 1.14 bits per heavy atom. The van der Waals surface area contributed by atoms with Crippen LogP contribution >= 0.6 is 0 Å². The Bertz CT molecular complexity index is 838. The highest BCUT2D eigenvalue weighted by atomic mass is 19.1. The predicted octanol–water partition coefficient (Wildman–Crippen LogP) is 3.22. The molecule has 2 amide bonds. The molecule has 0 aromatic heterocycles. The average molecular weight is 384 g/mol. The molecule has 0 radical (unpaired) electrons. The van der Waals surface area contributed by atoms with Crippen LogP contribution in [-0.2, 0) is 4.79 Å². The number of halogens is 1. The fourth-order valence-electron chi connectivity index (χ4n) is 3.68. The number of para-hydroxylation sites is 1. The monoisotopic (exact) mass is 384 g/mol. The minimum absolute atomic E-state index is 0.0628. The number of carbonyl (C=O) groups is 2. The van der Waals surface area contributed by atoms with Gasteiger partial charge in [-0.3, -0.25) is 9.59 Å². The number of hydrogen-bond acceptors (Lipinski definition) is 3. The van der Waals surface area contributed by atoms with Crippen molar-refractivity contribution in [1.82, 2.24) is 10.2 Å². The minimum Gasteiger partial charge on any atom is -0.496 e. The lowest BCUT2D eigenvalue weighted by Gasteiger charge is -2.20. The molecule has 1 heterocycles. The molecule has 3 rings (SSSR count). The molecule has 1 saturated heterocycles. The summed E-state index contributed by atoms with van der Waals surface area (Å²) in [5.74, 6) is -0.485. The van der Waals surface area contributed by atoms with Crippen LogP contribution in [0.4, 0.5) is 4.39 Å². The third-order valence-electron chi connectivity index (χ3n) is 5.12. The summed E-state index contributed by atoms with van der Waals surface area (Å²) in [5, 5.41) is 2.95. The average Bonchev–Trinajstić information content (AvgIpc) is 3.17. The van der Waals surface area contributed by atoms with Crippen molar-refractivity contribution in [1.29, 1.82) is 0 Å². The molecule has 2 aromatic carbocycles. The van der Waals surface area contributed by atoms with Crippen LogP contribution in [0.2, 0.25) is 0 Å².